The Morgan fingerprint density at radius 3 is 2.96 bits per heavy atom. The first kappa shape index (κ1) is 15.9. The first-order valence-corrected chi connectivity index (χ1v) is 8.69. The van der Waals surface area contributed by atoms with Crippen LogP contribution in [-0.2, 0) is 4.79 Å². The molecule has 1 atom stereocenters. The van der Waals surface area contributed by atoms with E-state index in [-0.39, 0.29) is 11.8 Å². The van der Waals surface area contributed by atoms with Crippen molar-refractivity contribution in [3.8, 4) is 0 Å². The Morgan fingerprint density at radius 2 is 2.16 bits per heavy atom. The van der Waals surface area contributed by atoms with Crippen molar-refractivity contribution >= 4 is 40.3 Å². The van der Waals surface area contributed by atoms with Gasteiger partial charge in [-0.1, -0.05) is 23.7 Å². The summed E-state index contributed by atoms with van der Waals surface area (Å²) in [5.41, 5.74) is 1.95. The van der Waals surface area contributed by atoms with Gasteiger partial charge in [0, 0.05) is 19.3 Å². The number of carbonyl (C=O) groups is 1. The number of carbonyl (C=O) groups excluding carboxylic acids is 1. The first-order valence-electron chi connectivity index (χ1n) is 8.31. The third-order valence-electron chi connectivity index (χ3n) is 4.45. The van der Waals surface area contributed by atoms with Crippen LogP contribution in [0, 0.1) is 5.92 Å². The summed E-state index contributed by atoms with van der Waals surface area (Å²) < 4.78 is 0. The molecule has 0 spiro atoms. The van der Waals surface area contributed by atoms with Crippen molar-refractivity contribution in [1.82, 2.24) is 15.0 Å². The lowest BCUT2D eigenvalue weighted by molar-refractivity contribution is -0.120. The Labute approximate surface area is 150 Å². The molecule has 128 valence electrons. The molecule has 0 saturated carbocycles. The lowest BCUT2D eigenvalue weighted by atomic mass is 9.97. The molecule has 3 aromatic rings. The van der Waals surface area contributed by atoms with E-state index < -0.39 is 0 Å². The van der Waals surface area contributed by atoms with Crippen LogP contribution in [-0.4, -0.2) is 33.9 Å². The molecule has 0 radical (unpaired) electrons. The van der Waals surface area contributed by atoms with Crippen LogP contribution >= 0.6 is 11.6 Å². The maximum atomic E-state index is 12.6. The lowest BCUT2D eigenvalue weighted by Crippen LogP contribution is -2.41. The summed E-state index contributed by atoms with van der Waals surface area (Å²) in [6.07, 6.45) is 3.33. The highest BCUT2D eigenvalue weighted by Gasteiger charge is 2.27. The van der Waals surface area contributed by atoms with E-state index in [9.17, 15) is 4.79 Å². The van der Waals surface area contributed by atoms with Crippen LogP contribution < -0.4 is 10.2 Å². The number of hydrogen-bond donors (Lipinski definition) is 2. The molecule has 0 aliphatic carbocycles. The monoisotopic (exact) mass is 355 g/mol. The highest BCUT2D eigenvalue weighted by Crippen LogP contribution is 2.24. The van der Waals surface area contributed by atoms with Gasteiger partial charge < -0.3 is 15.2 Å². The van der Waals surface area contributed by atoms with E-state index >= 15 is 0 Å². The average Bonchev–Trinajstić information content (AvgIpc) is 3.08. The maximum Gasteiger partial charge on any atom is 0.230 e. The van der Waals surface area contributed by atoms with Crippen LogP contribution in [0.25, 0.3) is 11.0 Å². The molecule has 1 aliphatic rings. The Balaban J connectivity index is 1.46. The molecule has 1 aliphatic heterocycles. The SMILES string of the molecule is O=C(Nc1ccc(Cl)cn1)C1CCCN(c2nc3ccccc3[nH]2)C1. The molecule has 3 heterocycles. The lowest BCUT2D eigenvalue weighted by Gasteiger charge is -2.31. The molecular weight excluding hydrogens is 338 g/mol. The molecule has 6 nitrogen and oxygen atoms in total. The molecular formula is C18H18ClN5O. The fourth-order valence-electron chi connectivity index (χ4n) is 3.15. The number of aromatic nitrogens is 3. The molecule has 1 fully saturated rings. The fourth-order valence-corrected chi connectivity index (χ4v) is 3.26. The van der Waals surface area contributed by atoms with Crippen LogP contribution in [0.15, 0.2) is 42.6 Å². The summed E-state index contributed by atoms with van der Waals surface area (Å²) >= 11 is 5.83. The van der Waals surface area contributed by atoms with Crippen molar-refractivity contribution in [3.05, 3.63) is 47.6 Å². The van der Waals surface area contributed by atoms with Gasteiger partial charge in [-0.15, -0.1) is 0 Å². The zero-order valence-electron chi connectivity index (χ0n) is 13.6. The minimum absolute atomic E-state index is 0.0179. The number of hydrogen-bond acceptors (Lipinski definition) is 4. The maximum absolute atomic E-state index is 12.6. The number of nitrogens with one attached hydrogen (secondary N) is 2. The summed E-state index contributed by atoms with van der Waals surface area (Å²) in [5, 5.41) is 3.42. The zero-order valence-corrected chi connectivity index (χ0v) is 14.3. The number of anilines is 2. The summed E-state index contributed by atoms with van der Waals surface area (Å²) in [5.74, 6) is 1.23. The number of H-pyrrole nitrogens is 1. The number of imidazole rings is 1. The van der Waals surface area contributed by atoms with E-state index in [1.807, 2.05) is 24.3 Å². The van der Waals surface area contributed by atoms with E-state index in [1.54, 1.807) is 12.1 Å². The Morgan fingerprint density at radius 1 is 1.28 bits per heavy atom. The van der Waals surface area contributed by atoms with E-state index in [4.69, 9.17) is 11.6 Å². The second-order valence-corrected chi connectivity index (χ2v) is 6.65. The van der Waals surface area contributed by atoms with Crippen LogP contribution in [0.1, 0.15) is 12.8 Å². The predicted molar refractivity (Wildman–Crippen MR) is 98.9 cm³/mol. The van der Waals surface area contributed by atoms with Crippen LogP contribution in [0.4, 0.5) is 11.8 Å². The largest absolute Gasteiger partial charge is 0.342 e. The van der Waals surface area contributed by atoms with Gasteiger partial charge in [0.25, 0.3) is 0 Å². The average molecular weight is 356 g/mol. The van der Waals surface area contributed by atoms with Gasteiger partial charge >= 0.3 is 0 Å². The van der Waals surface area contributed by atoms with E-state index in [0.29, 0.717) is 17.4 Å². The van der Waals surface area contributed by atoms with Gasteiger partial charge in [-0.2, -0.15) is 0 Å². The standard InChI is InChI=1S/C18H18ClN5O/c19-13-7-8-16(20-10-13)23-17(25)12-4-3-9-24(11-12)18-21-14-5-1-2-6-15(14)22-18/h1-2,5-8,10,12H,3-4,9,11H2,(H,21,22)(H,20,23,25). The highest BCUT2D eigenvalue weighted by molar-refractivity contribution is 6.30. The van der Waals surface area contributed by atoms with E-state index in [0.717, 1.165) is 36.4 Å². The van der Waals surface area contributed by atoms with Gasteiger partial charge in [-0.3, -0.25) is 4.79 Å². The molecule has 7 heteroatoms. The second kappa shape index (κ2) is 6.72. The molecule has 2 N–H and O–H groups in total. The number of pyridine rings is 1. The van der Waals surface area contributed by atoms with Crippen molar-refractivity contribution < 1.29 is 4.79 Å². The molecule has 2 aromatic heterocycles. The minimum atomic E-state index is -0.0977. The van der Waals surface area contributed by atoms with Gasteiger partial charge in [-0.25, -0.2) is 9.97 Å². The van der Waals surface area contributed by atoms with Gasteiger partial charge in [0.15, 0.2) is 0 Å². The number of halogens is 1. The van der Waals surface area contributed by atoms with Crippen molar-refractivity contribution in [2.24, 2.45) is 5.92 Å². The van der Waals surface area contributed by atoms with Crippen LogP contribution in [0.3, 0.4) is 0 Å². The first-order chi connectivity index (χ1) is 12.2. The smallest absolute Gasteiger partial charge is 0.230 e. The third kappa shape index (κ3) is 3.44. The molecule has 1 unspecified atom stereocenters. The summed E-state index contributed by atoms with van der Waals surface area (Å²) in [4.78, 5) is 26.8. The fraction of sp³-hybridized carbons (Fsp3) is 0.278. The van der Waals surface area contributed by atoms with Gasteiger partial charge in [0.2, 0.25) is 11.9 Å². The normalized spacial score (nSPS) is 17.6. The van der Waals surface area contributed by atoms with Gasteiger partial charge in [0.1, 0.15) is 5.82 Å². The van der Waals surface area contributed by atoms with Crippen molar-refractivity contribution in [3.63, 3.8) is 0 Å². The number of para-hydroxylation sites is 2. The number of aromatic amines is 1. The van der Waals surface area contributed by atoms with E-state index in [1.165, 1.54) is 6.20 Å². The summed E-state index contributed by atoms with van der Waals surface area (Å²) in [6.45, 7) is 1.53. The molecule has 25 heavy (non-hydrogen) atoms. The number of rotatable bonds is 3. The minimum Gasteiger partial charge on any atom is -0.342 e. The number of fused-ring (bicyclic) bond motifs is 1. The molecule has 1 amide bonds. The van der Waals surface area contributed by atoms with Gasteiger partial charge in [-0.05, 0) is 37.1 Å². The van der Waals surface area contributed by atoms with Crippen LogP contribution in [0.2, 0.25) is 5.02 Å². The van der Waals surface area contributed by atoms with Crippen LogP contribution in [0.5, 0.6) is 0 Å². The van der Waals surface area contributed by atoms with Gasteiger partial charge in [0.05, 0.1) is 22.0 Å². The quantitative estimate of drug-likeness (QED) is 0.754. The Kier molecular flexibility index (Phi) is 4.28. The highest BCUT2D eigenvalue weighted by atomic mass is 35.5. The third-order valence-corrected chi connectivity index (χ3v) is 4.67. The second-order valence-electron chi connectivity index (χ2n) is 6.21. The molecule has 1 aromatic carbocycles. The van der Waals surface area contributed by atoms with Crippen molar-refractivity contribution in [1.29, 1.82) is 0 Å². The van der Waals surface area contributed by atoms with E-state index in [2.05, 4.69) is 25.2 Å². The molecule has 1 saturated heterocycles. The van der Waals surface area contributed by atoms with Crippen molar-refractivity contribution in [2.75, 3.05) is 23.3 Å². The number of nitrogens with zero attached hydrogens (tertiary/aromatic N) is 3. The number of amides is 1. The predicted octanol–water partition coefficient (Wildman–Crippen LogP) is 3.47. The summed E-state index contributed by atoms with van der Waals surface area (Å²) in [7, 11) is 0. The number of piperidine rings is 1. The number of benzene rings is 1. The zero-order chi connectivity index (χ0) is 17.2. The summed E-state index contributed by atoms with van der Waals surface area (Å²) in [6, 6.07) is 11.4. The molecule has 0 bridgehead atoms. The topological polar surface area (TPSA) is 73.9 Å². The molecule has 4 rings (SSSR count). The Hall–Kier alpha value is -2.60. The van der Waals surface area contributed by atoms with Crippen molar-refractivity contribution in [2.45, 2.75) is 12.8 Å². The Bertz CT molecular complexity index is 859.